The van der Waals surface area contributed by atoms with Crippen LogP contribution in [0.1, 0.15) is 6.42 Å². The largest absolute Gasteiger partial charge is 0.353 e. The number of aromatic nitrogens is 1. The van der Waals surface area contributed by atoms with Gasteiger partial charge >= 0.3 is 0 Å². The molecule has 0 atom stereocenters. The monoisotopic (exact) mass is 393 g/mol. The summed E-state index contributed by atoms with van der Waals surface area (Å²) in [6, 6.07) is 11.7. The average Bonchev–Trinajstić information content (AvgIpc) is 2.67. The summed E-state index contributed by atoms with van der Waals surface area (Å²) in [6.45, 7) is 2.51. The molecule has 138 valence electrons. The van der Waals surface area contributed by atoms with Crippen LogP contribution in [-0.4, -0.2) is 56.1 Å². The van der Waals surface area contributed by atoms with E-state index in [1.165, 1.54) is 24.3 Å². The number of benzene rings is 1. The summed E-state index contributed by atoms with van der Waals surface area (Å²) in [7, 11) is -3.49. The number of carbonyl (C=O) groups excluding carboxylic acids is 1. The molecule has 1 aromatic carbocycles. The summed E-state index contributed by atoms with van der Waals surface area (Å²) in [5.41, 5.74) is 0. The van der Waals surface area contributed by atoms with E-state index in [0.717, 1.165) is 5.82 Å². The second kappa shape index (κ2) is 8.05. The fraction of sp³-hybridized carbons (Fsp3) is 0.333. The molecule has 0 aliphatic carbocycles. The van der Waals surface area contributed by atoms with Crippen molar-refractivity contribution in [2.45, 2.75) is 11.3 Å². The van der Waals surface area contributed by atoms with Gasteiger partial charge in [-0.15, -0.1) is 0 Å². The number of sulfone groups is 1. The van der Waals surface area contributed by atoms with E-state index in [2.05, 4.69) is 9.88 Å². The first-order valence-corrected chi connectivity index (χ1v) is 10.4. The van der Waals surface area contributed by atoms with Gasteiger partial charge in [-0.1, -0.05) is 17.7 Å². The zero-order valence-corrected chi connectivity index (χ0v) is 15.8. The molecule has 26 heavy (non-hydrogen) atoms. The van der Waals surface area contributed by atoms with Crippen LogP contribution in [0.4, 0.5) is 5.82 Å². The number of nitrogens with zero attached hydrogens (tertiary/aromatic N) is 3. The minimum atomic E-state index is -3.49. The van der Waals surface area contributed by atoms with Crippen molar-refractivity contribution in [2.75, 3.05) is 36.8 Å². The van der Waals surface area contributed by atoms with Crippen LogP contribution in [0.15, 0.2) is 53.6 Å². The fourth-order valence-corrected chi connectivity index (χ4v) is 4.22. The van der Waals surface area contributed by atoms with Crippen LogP contribution >= 0.6 is 11.6 Å². The van der Waals surface area contributed by atoms with Crippen molar-refractivity contribution < 1.29 is 13.2 Å². The van der Waals surface area contributed by atoms with Crippen LogP contribution in [-0.2, 0) is 14.6 Å². The summed E-state index contributed by atoms with van der Waals surface area (Å²) in [4.78, 5) is 20.7. The van der Waals surface area contributed by atoms with Crippen molar-refractivity contribution in [3.05, 3.63) is 53.7 Å². The zero-order chi connectivity index (χ0) is 18.6. The van der Waals surface area contributed by atoms with Gasteiger partial charge in [0.2, 0.25) is 5.91 Å². The molecule has 1 saturated heterocycles. The number of halogens is 1. The van der Waals surface area contributed by atoms with Gasteiger partial charge in [0.25, 0.3) is 0 Å². The topological polar surface area (TPSA) is 70.6 Å². The highest BCUT2D eigenvalue weighted by Gasteiger charge is 2.24. The lowest BCUT2D eigenvalue weighted by Crippen LogP contribution is -2.49. The molecule has 0 bridgehead atoms. The van der Waals surface area contributed by atoms with Crippen LogP contribution in [0, 0.1) is 0 Å². The molecule has 3 rings (SSSR count). The van der Waals surface area contributed by atoms with Gasteiger partial charge in [0, 0.05) is 43.8 Å². The number of rotatable bonds is 5. The number of anilines is 1. The van der Waals surface area contributed by atoms with Gasteiger partial charge in [-0.05, 0) is 36.4 Å². The molecule has 1 aliphatic rings. The molecule has 0 spiro atoms. The standard InChI is InChI=1S/C18H20ClN3O3S/c19-15-4-6-16(7-5-15)26(24,25)14-8-18(23)22-12-10-21(11-13-22)17-3-1-2-9-20-17/h1-7,9H,8,10-14H2. The van der Waals surface area contributed by atoms with E-state index in [4.69, 9.17) is 11.6 Å². The molecule has 0 saturated carbocycles. The Kier molecular flexibility index (Phi) is 5.78. The highest BCUT2D eigenvalue weighted by Crippen LogP contribution is 2.17. The Morgan fingerprint density at radius 3 is 2.35 bits per heavy atom. The van der Waals surface area contributed by atoms with Gasteiger partial charge in [0.05, 0.1) is 10.6 Å². The molecule has 2 aromatic rings. The summed E-state index contributed by atoms with van der Waals surface area (Å²) < 4.78 is 24.7. The average molecular weight is 394 g/mol. The quantitative estimate of drug-likeness (QED) is 0.779. The molecule has 0 unspecified atom stereocenters. The van der Waals surface area contributed by atoms with Gasteiger partial charge < -0.3 is 9.80 Å². The predicted molar refractivity (Wildman–Crippen MR) is 101 cm³/mol. The molecule has 0 N–H and O–H groups in total. The van der Waals surface area contributed by atoms with Crippen molar-refractivity contribution in [2.24, 2.45) is 0 Å². The maximum Gasteiger partial charge on any atom is 0.223 e. The number of piperazine rings is 1. The lowest BCUT2D eigenvalue weighted by atomic mass is 10.3. The van der Waals surface area contributed by atoms with Crippen molar-refractivity contribution >= 4 is 33.2 Å². The van der Waals surface area contributed by atoms with E-state index in [9.17, 15) is 13.2 Å². The molecule has 0 radical (unpaired) electrons. The Labute approximate surface area is 158 Å². The highest BCUT2D eigenvalue weighted by atomic mass is 35.5. The zero-order valence-electron chi connectivity index (χ0n) is 14.2. The summed E-state index contributed by atoms with van der Waals surface area (Å²) >= 11 is 5.78. The molecule has 1 aromatic heterocycles. The number of hydrogen-bond acceptors (Lipinski definition) is 5. The van der Waals surface area contributed by atoms with Crippen molar-refractivity contribution in [1.82, 2.24) is 9.88 Å². The first-order valence-electron chi connectivity index (χ1n) is 8.38. The van der Waals surface area contributed by atoms with Crippen LogP contribution in [0.5, 0.6) is 0 Å². The van der Waals surface area contributed by atoms with Crippen LogP contribution in [0.25, 0.3) is 0 Å². The van der Waals surface area contributed by atoms with E-state index in [1.54, 1.807) is 11.1 Å². The number of hydrogen-bond donors (Lipinski definition) is 0. The SMILES string of the molecule is O=C(CCS(=O)(=O)c1ccc(Cl)cc1)N1CCN(c2ccccn2)CC1. The number of pyridine rings is 1. The van der Waals surface area contributed by atoms with Gasteiger partial charge in [0.1, 0.15) is 5.82 Å². The first kappa shape index (κ1) is 18.7. The van der Waals surface area contributed by atoms with Crippen LogP contribution in [0.3, 0.4) is 0 Å². The number of amides is 1. The third-order valence-corrected chi connectivity index (χ3v) is 6.35. The molecule has 1 amide bonds. The van der Waals surface area contributed by atoms with E-state index in [0.29, 0.717) is 31.2 Å². The van der Waals surface area contributed by atoms with Gasteiger partial charge in [0.15, 0.2) is 9.84 Å². The van der Waals surface area contributed by atoms with Gasteiger partial charge in [-0.2, -0.15) is 0 Å². The normalized spacial score (nSPS) is 15.1. The Morgan fingerprint density at radius 2 is 1.73 bits per heavy atom. The minimum Gasteiger partial charge on any atom is -0.353 e. The lowest BCUT2D eigenvalue weighted by molar-refractivity contribution is -0.131. The molecule has 6 nitrogen and oxygen atoms in total. The number of carbonyl (C=O) groups is 1. The van der Waals surface area contributed by atoms with E-state index in [1.807, 2.05) is 18.2 Å². The third-order valence-electron chi connectivity index (χ3n) is 4.36. The minimum absolute atomic E-state index is 0.0193. The maximum absolute atomic E-state index is 12.4. The summed E-state index contributed by atoms with van der Waals surface area (Å²) in [6.07, 6.45) is 1.73. The molecule has 1 aliphatic heterocycles. The Morgan fingerprint density at radius 1 is 1.04 bits per heavy atom. The van der Waals surface area contributed by atoms with E-state index < -0.39 is 9.84 Å². The second-order valence-corrected chi connectivity index (χ2v) is 8.62. The second-order valence-electron chi connectivity index (χ2n) is 6.08. The highest BCUT2D eigenvalue weighted by molar-refractivity contribution is 7.91. The van der Waals surface area contributed by atoms with Crippen LogP contribution < -0.4 is 4.90 Å². The Bertz CT molecular complexity index is 849. The summed E-state index contributed by atoms with van der Waals surface area (Å²) in [5, 5.41) is 0.478. The molecular weight excluding hydrogens is 374 g/mol. The van der Waals surface area contributed by atoms with Crippen molar-refractivity contribution in [3.8, 4) is 0 Å². The van der Waals surface area contributed by atoms with Crippen molar-refractivity contribution in [3.63, 3.8) is 0 Å². The van der Waals surface area contributed by atoms with Gasteiger partial charge in [-0.25, -0.2) is 13.4 Å². The van der Waals surface area contributed by atoms with E-state index in [-0.39, 0.29) is 23.0 Å². The molecule has 8 heteroatoms. The third kappa shape index (κ3) is 4.53. The summed E-state index contributed by atoms with van der Waals surface area (Å²) in [5.74, 6) is 0.557. The first-order chi connectivity index (χ1) is 12.5. The lowest BCUT2D eigenvalue weighted by Gasteiger charge is -2.35. The molecule has 1 fully saturated rings. The maximum atomic E-state index is 12.4. The fourth-order valence-electron chi connectivity index (χ4n) is 2.87. The molecule has 2 heterocycles. The Hall–Kier alpha value is -2.12. The smallest absolute Gasteiger partial charge is 0.223 e. The van der Waals surface area contributed by atoms with Crippen LogP contribution in [0.2, 0.25) is 5.02 Å². The van der Waals surface area contributed by atoms with E-state index >= 15 is 0 Å². The van der Waals surface area contributed by atoms with Gasteiger partial charge in [-0.3, -0.25) is 4.79 Å². The predicted octanol–water partition coefficient (Wildman–Crippen LogP) is 2.25. The molecular formula is C18H20ClN3O3S. The Balaban J connectivity index is 1.52. The van der Waals surface area contributed by atoms with Crippen molar-refractivity contribution in [1.29, 1.82) is 0 Å².